The highest BCUT2D eigenvalue weighted by Gasteiger charge is 2.56. The number of nitrogens with zero attached hydrogens (tertiary/aromatic N) is 2. The first kappa shape index (κ1) is 12.1. The van der Waals surface area contributed by atoms with Crippen molar-refractivity contribution in [1.82, 2.24) is 4.90 Å². The predicted octanol–water partition coefficient (Wildman–Crippen LogP) is 0.0813. The van der Waals surface area contributed by atoms with Gasteiger partial charge in [0.2, 0.25) is 0 Å². The summed E-state index contributed by atoms with van der Waals surface area (Å²) in [4.78, 5) is 6.14. The molecule has 3 heterocycles. The monoisotopic (exact) mass is 254 g/mol. The van der Waals surface area contributed by atoms with E-state index in [2.05, 4.69) is 4.99 Å². The molecule has 100 valence electrons. The Morgan fingerprint density at radius 2 is 2.17 bits per heavy atom. The van der Waals surface area contributed by atoms with Crippen molar-refractivity contribution in [3.63, 3.8) is 0 Å². The summed E-state index contributed by atoms with van der Waals surface area (Å²) in [6.07, 6.45) is 4.49. The van der Waals surface area contributed by atoms with Gasteiger partial charge in [0.05, 0.1) is 6.61 Å². The van der Waals surface area contributed by atoms with Gasteiger partial charge in [-0.3, -0.25) is 4.99 Å². The van der Waals surface area contributed by atoms with Crippen molar-refractivity contribution >= 4 is 6.21 Å². The molecule has 6 nitrogen and oxygen atoms in total. The maximum atomic E-state index is 9.37. The summed E-state index contributed by atoms with van der Waals surface area (Å²) in [5, 5.41) is 9.37. The van der Waals surface area contributed by atoms with Gasteiger partial charge in [-0.25, -0.2) is 0 Å². The van der Waals surface area contributed by atoms with Gasteiger partial charge in [-0.2, -0.15) is 0 Å². The SMILES string of the molecule is CC1(C)O[C@@H]2[C@H](O1)[C@@H](CO)O[C@@H]2N1C=CC=NC1. The van der Waals surface area contributed by atoms with E-state index in [0.717, 1.165) is 0 Å². The van der Waals surface area contributed by atoms with Crippen LogP contribution in [0.5, 0.6) is 0 Å². The summed E-state index contributed by atoms with van der Waals surface area (Å²) in [6, 6.07) is 0. The number of allylic oxidation sites excluding steroid dienone is 1. The van der Waals surface area contributed by atoms with E-state index < -0.39 is 5.79 Å². The van der Waals surface area contributed by atoms with Crippen LogP contribution in [-0.4, -0.2) is 59.8 Å². The molecule has 0 bridgehead atoms. The molecule has 0 aromatic rings. The van der Waals surface area contributed by atoms with Crippen molar-refractivity contribution in [1.29, 1.82) is 0 Å². The zero-order chi connectivity index (χ0) is 12.8. The van der Waals surface area contributed by atoms with Crippen LogP contribution in [0.3, 0.4) is 0 Å². The standard InChI is InChI=1S/C12H18N2O4/c1-12(2)17-9-8(6-15)16-11(10(9)18-12)14-5-3-4-13-7-14/h3-5,8-11,15H,6-7H2,1-2H3/t8-,9-,10-,11+/m1/s1. The Hall–Kier alpha value is -0.950. The van der Waals surface area contributed by atoms with Gasteiger partial charge >= 0.3 is 0 Å². The van der Waals surface area contributed by atoms with E-state index >= 15 is 0 Å². The van der Waals surface area contributed by atoms with Crippen LogP contribution in [0.4, 0.5) is 0 Å². The lowest BCUT2D eigenvalue weighted by atomic mass is 10.1. The second kappa shape index (κ2) is 4.31. The van der Waals surface area contributed by atoms with Gasteiger partial charge in [0.25, 0.3) is 0 Å². The lowest BCUT2D eigenvalue weighted by Gasteiger charge is -2.31. The molecule has 3 aliphatic heterocycles. The molecule has 0 aliphatic carbocycles. The van der Waals surface area contributed by atoms with E-state index in [4.69, 9.17) is 14.2 Å². The molecular weight excluding hydrogens is 236 g/mol. The molecule has 0 spiro atoms. The maximum Gasteiger partial charge on any atom is 0.164 e. The molecule has 2 fully saturated rings. The van der Waals surface area contributed by atoms with Gasteiger partial charge in [-0.15, -0.1) is 0 Å². The molecule has 6 heteroatoms. The topological polar surface area (TPSA) is 63.5 Å². The largest absolute Gasteiger partial charge is 0.394 e. The van der Waals surface area contributed by atoms with Gasteiger partial charge in [0.15, 0.2) is 12.0 Å². The Bertz CT molecular complexity index is 382. The van der Waals surface area contributed by atoms with Gasteiger partial charge in [-0.05, 0) is 19.9 Å². The average molecular weight is 254 g/mol. The minimum absolute atomic E-state index is 0.0715. The fourth-order valence-corrected chi connectivity index (χ4v) is 2.64. The van der Waals surface area contributed by atoms with Crippen LogP contribution in [0.1, 0.15) is 13.8 Å². The zero-order valence-electron chi connectivity index (χ0n) is 10.5. The molecule has 3 rings (SSSR count). The van der Waals surface area contributed by atoms with Crippen LogP contribution >= 0.6 is 0 Å². The van der Waals surface area contributed by atoms with Crippen molar-refractivity contribution in [2.24, 2.45) is 4.99 Å². The summed E-state index contributed by atoms with van der Waals surface area (Å²) in [5.74, 6) is -0.631. The maximum absolute atomic E-state index is 9.37. The molecule has 0 unspecified atom stereocenters. The summed E-state index contributed by atoms with van der Waals surface area (Å²) < 4.78 is 17.5. The number of aliphatic imine (C=N–C) groups is 1. The van der Waals surface area contributed by atoms with E-state index in [1.54, 1.807) is 6.21 Å². The highest BCUT2D eigenvalue weighted by atomic mass is 16.8. The first-order valence-electron chi connectivity index (χ1n) is 6.15. The fourth-order valence-electron chi connectivity index (χ4n) is 2.64. The number of hydrogen-bond donors (Lipinski definition) is 1. The van der Waals surface area contributed by atoms with Gasteiger partial charge in [-0.1, -0.05) is 0 Å². The number of aliphatic hydroxyl groups is 1. The minimum Gasteiger partial charge on any atom is -0.394 e. The third-order valence-corrected chi connectivity index (χ3v) is 3.35. The van der Waals surface area contributed by atoms with Crippen LogP contribution in [0, 0.1) is 0 Å². The lowest BCUT2D eigenvalue weighted by molar-refractivity contribution is -0.204. The predicted molar refractivity (Wildman–Crippen MR) is 63.9 cm³/mol. The van der Waals surface area contributed by atoms with E-state index in [0.29, 0.717) is 6.67 Å². The van der Waals surface area contributed by atoms with E-state index in [-0.39, 0.29) is 31.1 Å². The quantitative estimate of drug-likeness (QED) is 0.756. The molecule has 0 aromatic heterocycles. The van der Waals surface area contributed by atoms with Gasteiger partial charge < -0.3 is 24.2 Å². The summed E-state index contributed by atoms with van der Waals surface area (Å²) in [6.45, 7) is 4.21. The molecule has 0 radical (unpaired) electrons. The molecule has 1 N–H and O–H groups in total. The minimum atomic E-state index is -0.631. The number of ether oxygens (including phenoxy) is 3. The molecule has 18 heavy (non-hydrogen) atoms. The first-order valence-corrected chi connectivity index (χ1v) is 6.15. The number of aliphatic hydroxyl groups excluding tert-OH is 1. The van der Waals surface area contributed by atoms with Crippen LogP contribution in [0.25, 0.3) is 0 Å². The lowest BCUT2D eigenvalue weighted by Crippen LogP contribution is -2.42. The van der Waals surface area contributed by atoms with E-state index in [1.165, 1.54) is 0 Å². The average Bonchev–Trinajstić information content (AvgIpc) is 2.83. The zero-order valence-corrected chi connectivity index (χ0v) is 10.5. The molecule has 3 aliphatic rings. The third kappa shape index (κ3) is 1.95. The summed E-state index contributed by atoms with van der Waals surface area (Å²) in [5.41, 5.74) is 0. The van der Waals surface area contributed by atoms with Crippen molar-refractivity contribution in [2.45, 2.75) is 44.2 Å². The van der Waals surface area contributed by atoms with Gasteiger partial charge in [0.1, 0.15) is 25.0 Å². The summed E-state index contributed by atoms with van der Waals surface area (Å²) in [7, 11) is 0. The van der Waals surface area contributed by atoms with Gasteiger partial charge in [0, 0.05) is 12.4 Å². The smallest absolute Gasteiger partial charge is 0.164 e. The molecule has 0 amide bonds. The second-order valence-electron chi connectivity index (χ2n) is 5.14. The molecular formula is C12H18N2O4. The first-order chi connectivity index (χ1) is 8.61. The molecule has 2 saturated heterocycles. The van der Waals surface area contributed by atoms with Crippen LogP contribution in [0.15, 0.2) is 17.3 Å². The van der Waals surface area contributed by atoms with E-state index in [9.17, 15) is 5.11 Å². The molecule has 0 saturated carbocycles. The second-order valence-corrected chi connectivity index (χ2v) is 5.14. The Morgan fingerprint density at radius 1 is 1.39 bits per heavy atom. The normalized spacial score (nSPS) is 41.4. The van der Waals surface area contributed by atoms with Crippen molar-refractivity contribution < 1.29 is 19.3 Å². The van der Waals surface area contributed by atoms with Crippen molar-refractivity contribution in [2.75, 3.05) is 13.3 Å². The fraction of sp³-hybridized carbons (Fsp3) is 0.750. The van der Waals surface area contributed by atoms with Crippen LogP contribution < -0.4 is 0 Å². The molecule has 0 aromatic carbocycles. The van der Waals surface area contributed by atoms with Crippen LogP contribution in [-0.2, 0) is 14.2 Å². The van der Waals surface area contributed by atoms with Crippen molar-refractivity contribution in [3.8, 4) is 0 Å². The number of rotatable bonds is 2. The van der Waals surface area contributed by atoms with Crippen molar-refractivity contribution in [3.05, 3.63) is 12.3 Å². The number of fused-ring (bicyclic) bond motifs is 1. The van der Waals surface area contributed by atoms with Crippen LogP contribution in [0.2, 0.25) is 0 Å². The summed E-state index contributed by atoms with van der Waals surface area (Å²) >= 11 is 0. The molecule has 4 atom stereocenters. The van der Waals surface area contributed by atoms with E-state index in [1.807, 2.05) is 31.0 Å². The Kier molecular flexibility index (Phi) is 2.90. The number of hydrogen-bond acceptors (Lipinski definition) is 6. The third-order valence-electron chi connectivity index (χ3n) is 3.35. The Labute approximate surface area is 106 Å². The highest BCUT2D eigenvalue weighted by Crippen LogP contribution is 2.39. The highest BCUT2D eigenvalue weighted by molar-refractivity contribution is 5.71. The Morgan fingerprint density at radius 3 is 2.83 bits per heavy atom. The Balaban J connectivity index is 1.79.